The van der Waals surface area contributed by atoms with Gasteiger partial charge in [0, 0.05) is 10.8 Å². The molecule has 3 aromatic carbocycles. The summed E-state index contributed by atoms with van der Waals surface area (Å²) >= 11 is 5.44. The highest BCUT2D eigenvalue weighted by atomic mass is 32.1. The highest BCUT2D eigenvalue weighted by Gasteiger charge is 2.13. The lowest BCUT2D eigenvalue weighted by molar-refractivity contribution is 0.540. The molecule has 1 heterocycles. The lowest BCUT2D eigenvalue weighted by Gasteiger charge is -2.09. The summed E-state index contributed by atoms with van der Waals surface area (Å²) in [4.78, 5) is 0. The summed E-state index contributed by atoms with van der Waals surface area (Å²) in [6, 6.07) is 18.4. The molecule has 0 saturated carbocycles. The maximum Gasteiger partial charge on any atom is 0.198 e. The Balaban J connectivity index is 1.95. The van der Waals surface area contributed by atoms with E-state index in [-0.39, 0.29) is 11.4 Å². The van der Waals surface area contributed by atoms with Crippen LogP contribution in [0, 0.1) is 10.5 Å². The topological polar surface area (TPSA) is 13.1 Å². The van der Waals surface area contributed by atoms with E-state index in [0.29, 0.717) is 16.7 Å². The number of aryl methyl sites for hydroxylation is 2. The van der Waals surface area contributed by atoms with Gasteiger partial charge in [-0.1, -0.05) is 62.4 Å². The minimum atomic E-state index is -0.308. The number of rotatable bonds is 3. The normalized spacial score (nSPS) is 11.3. The van der Waals surface area contributed by atoms with Crippen molar-refractivity contribution in [2.24, 2.45) is 0 Å². The molecule has 0 aliphatic carbocycles. The number of fused-ring (bicyclic) bond motifs is 3. The molecular weight excluding hydrogens is 343 g/mol. The molecule has 0 fully saturated rings. The van der Waals surface area contributed by atoms with Gasteiger partial charge in [0.05, 0.1) is 0 Å². The Morgan fingerprint density at radius 3 is 2.19 bits per heavy atom. The largest absolute Gasteiger partial charge is 0.441 e. The van der Waals surface area contributed by atoms with Gasteiger partial charge in [0.1, 0.15) is 0 Å². The van der Waals surface area contributed by atoms with Crippen molar-refractivity contribution in [3.63, 3.8) is 0 Å². The summed E-state index contributed by atoms with van der Waals surface area (Å²) in [5.74, 6) is -0.308. The average Bonchev–Trinajstić information content (AvgIpc) is 2.69. The smallest absolute Gasteiger partial charge is 0.198 e. The molecule has 1 aromatic heterocycles. The Bertz CT molecular complexity index is 1170. The van der Waals surface area contributed by atoms with Crippen LogP contribution in [-0.2, 0) is 12.8 Å². The molecule has 130 valence electrons. The summed E-state index contributed by atoms with van der Waals surface area (Å²) in [6.07, 6.45) is 1.64. The lowest BCUT2D eigenvalue weighted by Crippen LogP contribution is -1.91. The Labute approximate surface area is 157 Å². The second-order valence-electron chi connectivity index (χ2n) is 6.47. The van der Waals surface area contributed by atoms with Crippen molar-refractivity contribution < 1.29 is 8.81 Å². The first-order chi connectivity index (χ1) is 12.6. The zero-order chi connectivity index (χ0) is 18.3. The summed E-state index contributed by atoms with van der Waals surface area (Å²) in [5, 5.41) is 2.52. The molecule has 4 rings (SSSR count). The van der Waals surface area contributed by atoms with Gasteiger partial charge in [0.25, 0.3) is 0 Å². The molecule has 1 nitrogen and oxygen atoms in total. The third kappa shape index (κ3) is 2.73. The molecular formula is C23H19FOS. The van der Waals surface area contributed by atoms with E-state index in [2.05, 4.69) is 37.3 Å². The number of hydrogen-bond donors (Lipinski definition) is 0. The zero-order valence-corrected chi connectivity index (χ0v) is 15.6. The fourth-order valence-electron chi connectivity index (χ4n) is 3.39. The maximum absolute atomic E-state index is 14.7. The van der Waals surface area contributed by atoms with Crippen LogP contribution in [-0.4, -0.2) is 0 Å². The van der Waals surface area contributed by atoms with Gasteiger partial charge < -0.3 is 4.42 Å². The van der Waals surface area contributed by atoms with E-state index >= 15 is 0 Å². The second kappa shape index (κ2) is 6.65. The SMILES string of the molecule is CCc1ccc(-c2ccc3c(c2)c(=S)oc2c(F)c(CC)ccc23)cc1. The van der Waals surface area contributed by atoms with Gasteiger partial charge in [-0.2, -0.15) is 0 Å². The van der Waals surface area contributed by atoms with Crippen molar-refractivity contribution in [1.29, 1.82) is 0 Å². The van der Waals surface area contributed by atoms with Gasteiger partial charge in [-0.25, -0.2) is 4.39 Å². The van der Waals surface area contributed by atoms with E-state index in [1.54, 1.807) is 0 Å². The Morgan fingerprint density at radius 2 is 1.50 bits per heavy atom. The Hall–Kier alpha value is -2.52. The molecule has 0 unspecified atom stereocenters. The minimum absolute atomic E-state index is 0.252. The Kier molecular flexibility index (Phi) is 4.33. The van der Waals surface area contributed by atoms with Crippen LogP contribution in [0.15, 0.2) is 59.0 Å². The molecule has 0 amide bonds. The van der Waals surface area contributed by atoms with Crippen molar-refractivity contribution in [1.82, 2.24) is 0 Å². The number of halogens is 1. The van der Waals surface area contributed by atoms with Gasteiger partial charge in [0.2, 0.25) is 0 Å². The van der Waals surface area contributed by atoms with Crippen molar-refractivity contribution in [2.75, 3.05) is 0 Å². The first-order valence-corrected chi connectivity index (χ1v) is 9.30. The molecule has 26 heavy (non-hydrogen) atoms. The minimum Gasteiger partial charge on any atom is -0.441 e. The summed E-state index contributed by atoms with van der Waals surface area (Å²) in [5.41, 5.74) is 4.41. The van der Waals surface area contributed by atoms with Crippen LogP contribution in [0.25, 0.3) is 32.9 Å². The first kappa shape index (κ1) is 16.9. The fourth-order valence-corrected chi connectivity index (χ4v) is 3.64. The maximum atomic E-state index is 14.7. The van der Waals surface area contributed by atoms with Crippen molar-refractivity contribution in [2.45, 2.75) is 26.7 Å². The van der Waals surface area contributed by atoms with E-state index in [9.17, 15) is 4.39 Å². The van der Waals surface area contributed by atoms with Gasteiger partial charge in [-0.05, 0) is 58.8 Å². The van der Waals surface area contributed by atoms with E-state index in [1.165, 1.54) is 5.56 Å². The summed E-state index contributed by atoms with van der Waals surface area (Å²) < 4.78 is 20.7. The fraction of sp³-hybridized carbons (Fsp3) is 0.174. The Morgan fingerprint density at radius 1 is 0.808 bits per heavy atom. The predicted molar refractivity (Wildman–Crippen MR) is 109 cm³/mol. The lowest BCUT2D eigenvalue weighted by atomic mass is 9.98. The van der Waals surface area contributed by atoms with Crippen LogP contribution < -0.4 is 0 Å². The van der Waals surface area contributed by atoms with Gasteiger partial charge in [0.15, 0.2) is 16.1 Å². The molecule has 4 aromatic rings. The molecule has 3 heteroatoms. The molecule has 0 bridgehead atoms. The molecule has 0 aliphatic heterocycles. The molecule has 0 radical (unpaired) electrons. The van der Waals surface area contributed by atoms with Crippen LogP contribution in [0.3, 0.4) is 0 Å². The van der Waals surface area contributed by atoms with Crippen LogP contribution >= 0.6 is 12.2 Å². The number of benzene rings is 3. The quantitative estimate of drug-likeness (QED) is 0.281. The van der Waals surface area contributed by atoms with Gasteiger partial charge in [-0.15, -0.1) is 0 Å². The number of hydrogen-bond acceptors (Lipinski definition) is 2. The highest BCUT2D eigenvalue weighted by Crippen LogP contribution is 2.33. The molecule has 0 saturated heterocycles. The zero-order valence-electron chi connectivity index (χ0n) is 14.8. The third-order valence-electron chi connectivity index (χ3n) is 4.98. The van der Waals surface area contributed by atoms with Crippen LogP contribution in [0.5, 0.6) is 0 Å². The third-order valence-corrected chi connectivity index (χ3v) is 5.28. The van der Waals surface area contributed by atoms with Gasteiger partial charge >= 0.3 is 0 Å². The van der Waals surface area contributed by atoms with E-state index in [4.69, 9.17) is 16.6 Å². The van der Waals surface area contributed by atoms with E-state index in [1.807, 2.05) is 31.2 Å². The van der Waals surface area contributed by atoms with Crippen molar-refractivity contribution in [3.05, 3.63) is 76.2 Å². The van der Waals surface area contributed by atoms with Crippen LogP contribution in [0.2, 0.25) is 0 Å². The monoisotopic (exact) mass is 362 g/mol. The van der Waals surface area contributed by atoms with Crippen molar-refractivity contribution >= 4 is 34.0 Å². The van der Waals surface area contributed by atoms with E-state index < -0.39 is 0 Å². The predicted octanol–water partition coefficient (Wildman–Crippen LogP) is 7.25. The highest BCUT2D eigenvalue weighted by molar-refractivity contribution is 7.71. The summed E-state index contributed by atoms with van der Waals surface area (Å²) in [6.45, 7) is 4.07. The van der Waals surface area contributed by atoms with Gasteiger partial charge in [-0.3, -0.25) is 0 Å². The standard InChI is InChI=1S/C23H19FOS/c1-3-14-5-7-16(8-6-14)17-10-11-18-19-12-9-15(4-2)21(24)22(19)25-23(26)20(18)13-17/h5-13H,3-4H2,1-2H3. The second-order valence-corrected chi connectivity index (χ2v) is 6.84. The molecule has 0 spiro atoms. The summed E-state index contributed by atoms with van der Waals surface area (Å²) in [7, 11) is 0. The molecule has 0 aliphatic rings. The molecule has 0 N–H and O–H groups in total. The first-order valence-electron chi connectivity index (χ1n) is 8.89. The van der Waals surface area contributed by atoms with Crippen LogP contribution in [0.1, 0.15) is 25.0 Å². The van der Waals surface area contributed by atoms with Crippen molar-refractivity contribution in [3.8, 4) is 11.1 Å². The van der Waals surface area contributed by atoms with Crippen LogP contribution in [0.4, 0.5) is 4.39 Å². The average molecular weight is 362 g/mol. The molecule has 0 atom stereocenters. The van der Waals surface area contributed by atoms with E-state index in [0.717, 1.165) is 33.7 Å².